The van der Waals surface area contributed by atoms with Crippen molar-refractivity contribution >= 4 is 6.03 Å². The van der Waals surface area contributed by atoms with E-state index in [1.807, 2.05) is 24.3 Å². The Morgan fingerprint density at radius 3 is 2.93 bits per heavy atom. The number of fused-ring (bicyclic) bond motifs is 1. The van der Waals surface area contributed by atoms with Crippen molar-refractivity contribution in [2.45, 2.75) is 18.6 Å². The van der Waals surface area contributed by atoms with Gasteiger partial charge in [0.15, 0.2) is 0 Å². The van der Waals surface area contributed by atoms with Crippen LogP contribution in [-0.4, -0.2) is 24.3 Å². The van der Waals surface area contributed by atoms with Gasteiger partial charge in [0, 0.05) is 13.5 Å². The quantitative estimate of drug-likeness (QED) is 0.629. The third kappa shape index (κ3) is 1.80. The van der Waals surface area contributed by atoms with Gasteiger partial charge >= 0.3 is 6.03 Å². The first-order chi connectivity index (χ1) is 7.22. The highest BCUT2D eigenvalue weighted by Crippen LogP contribution is 2.30. The first kappa shape index (κ1) is 9.98. The number of urea groups is 1. The Labute approximate surface area is 88.3 Å². The summed E-state index contributed by atoms with van der Waals surface area (Å²) in [6, 6.07) is 7.20. The van der Waals surface area contributed by atoms with Crippen LogP contribution in [0.1, 0.15) is 17.2 Å². The summed E-state index contributed by atoms with van der Waals surface area (Å²) in [6.07, 6.45) is 0.0740. The van der Waals surface area contributed by atoms with Crippen molar-refractivity contribution in [1.82, 2.24) is 10.6 Å². The molecule has 1 aromatic carbocycles. The third-order valence-corrected chi connectivity index (χ3v) is 2.72. The maximum absolute atomic E-state index is 11.2. The molecule has 0 aliphatic heterocycles. The molecule has 2 amide bonds. The summed E-state index contributed by atoms with van der Waals surface area (Å²) in [7, 11) is 1.56. The fourth-order valence-corrected chi connectivity index (χ4v) is 1.96. The van der Waals surface area contributed by atoms with E-state index in [1.54, 1.807) is 7.05 Å². The Balaban J connectivity index is 2.22. The molecule has 15 heavy (non-hydrogen) atoms. The van der Waals surface area contributed by atoms with Crippen molar-refractivity contribution in [2.75, 3.05) is 7.05 Å². The summed E-state index contributed by atoms with van der Waals surface area (Å²) in [5.41, 5.74) is 2.11. The van der Waals surface area contributed by atoms with Gasteiger partial charge in [-0.25, -0.2) is 4.79 Å². The van der Waals surface area contributed by atoms with E-state index in [4.69, 9.17) is 0 Å². The van der Waals surface area contributed by atoms with Gasteiger partial charge in [-0.3, -0.25) is 0 Å². The Morgan fingerprint density at radius 1 is 1.47 bits per heavy atom. The zero-order valence-corrected chi connectivity index (χ0v) is 8.53. The van der Waals surface area contributed by atoms with Gasteiger partial charge in [-0.2, -0.15) is 0 Å². The van der Waals surface area contributed by atoms with Gasteiger partial charge in [-0.1, -0.05) is 24.3 Å². The minimum Gasteiger partial charge on any atom is -0.390 e. The molecule has 1 aliphatic carbocycles. The van der Waals surface area contributed by atoms with Gasteiger partial charge in [-0.05, 0) is 11.1 Å². The second-order valence-corrected chi connectivity index (χ2v) is 3.67. The van der Waals surface area contributed by atoms with Crippen LogP contribution in [0.4, 0.5) is 4.79 Å². The van der Waals surface area contributed by atoms with Gasteiger partial charge in [-0.15, -0.1) is 0 Å². The molecule has 2 rings (SSSR count). The molecule has 80 valence electrons. The molecule has 4 heteroatoms. The molecule has 0 fully saturated rings. The lowest BCUT2D eigenvalue weighted by Crippen LogP contribution is -2.39. The van der Waals surface area contributed by atoms with Crippen LogP contribution in [0.25, 0.3) is 0 Å². The van der Waals surface area contributed by atoms with Crippen molar-refractivity contribution < 1.29 is 9.90 Å². The fourth-order valence-electron chi connectivity index (χ4n) is 1.96. The van der Waals surface area contributed by atoms with E-state index < -0.39 is 6.10 Å². The standard InChI is InChI=1S/C11H14N2O2/c1-12-11(15)13-10-8-5-3-2-4-7(8)6-9(10)14/h2-5,9-10,14H,6H2,1H3,(H2,12,13,15). The van der Waals surface area contributed by atoms with Gasteiger partial charge in [0.25, 0.3) is 0 Å². The monoisotopic (exact) mass is 206 g/mol. The van der Waals surface area contributed by atoms with Crippen molar-refractivity contribution in [3.8, 4) is 0 Å². The molecule has 2 atom stereocenters. The number of nitrogens with one attached hydrogen (secondary N) is 2. The normalized spacial score (nSPS) is 23.3. The van der Waals surface area contributed by atoms with Crippen LogP contribution in [0.15, 0.2) is 24.3 Å². The van der Waals surface area contributed by atoms with Gasteiger partial charge in [0.1, 0.15) is 0 Å². The Kier molecular flexibility index (Phi) is 2.60. The summed E-state index contributed by atoms with van der Waals surface area (Å²) in [5.74, 6) is 0. The number of rotatable bonds is 1. The van der Waals surface area contributed by atoms with E-state index in [2.05, 4.69) is 10.6 Å². The summed E-state index contributed by atoms with van der Waals surface area (Å²) in [4.78, 5) is 11.2. The highest BCUT2D eigenvalue weighted by Gasteiger charge is 2.31. The van der Waals surface area contributed by atoms with E-state index in [0.29, 0.717) is 6.42 Å². The predicted octanol–water partition coefficient (Wildman–Crippen LogP) is 0.574. The molecule has 3 N–H and O–H groups in total. The molecule has 0 aromatic heterocycles. The molecule has 0 heterocycles. The van der Waals surface area contributed by atoms with E-state index >= 15 is 0 Å². The van der Waals surface area contributed by atoms with Gasteiger partial charge < -0.3 is 15.7 Å². The molecule has 0 saturated carbocycles. The van der Waals surface area contributed by atoms with Crippen LogP contribution in [0, 0.1) is 0 Å². The lowest BCUT2D eigenvalue weighted by Gasteiger charge is -2.17. The molecule has 1 aromatic rings. The molecule has 1 aliphatic rings. The maximum atomic E-state index is 11.2. The average molecular weight is 206 g/mol. The lowest BCUT2D eigenvalue weighted by atomic mass is 10.1. The second kappa shape index (κ2) is 3.90. The van der Waals surface area contributed by atoms with E-state index in [1.165, 1.54) is 0 Å². The summed E-state index contributed by atoms with van der Waals surface area (Å²) in [6.45, 7) is 0. The van der Waals surface area contributed by atoms with Gasteiger partial charge in [0.2, 0.25) is 0 Å². The number of amides is 2. The zero-order valence-electron chi connectivity index (χ0n) is 8.53. The lowest BCUT2D eigenvalue weighted by molar-refractivity contribution is 0.142. The fraction of sp³-hybridized carbons (Fsp3) is 0.364. The summed E-state index contributed by atoms with van der Waals surface area (Å²) >= 11 is 0. The highest BCUT2D eigenvalue weighted by molar-refractivity contribution is 5.74. The van der Waals surface area contributed by atoms with Crippen LogP contribution in [0.3, 0.4) is 0 Å². The number of hydrogen-bond acceptors (Lipinski definition) is 2. The first-order valence-electron chi connectivity index (χ1n) is 4.96. The Morgan fingerprint density at radius 2 is 2.20 bits per heavy atom. The van der Waals surface area contributed by atoms with Crippen molar-refractivity contribution in [3.63, 3.8) is 0 Å². The van der Waals surface area contributed by atoms with Crippen LogP contribution in [-0.2, 0) is 6.42 Å². The second-order valence-electron chi connectivity index (χ2n) is 3.67. The van der Waals surface area contributed by atoms with E-state index in [9.17, 15) is 9.90 Å². The molecule has 2 unspecified atom stereocenters. The summed E-state index contributed by atoms with van der Waals surface area (Å²) < 4.78 is 0. The first-order valence-corrected chi connectivity index (χ1v) is 4.96. The molecule has 0 saturated heterocycles. The van der Waals surface area contributed by atoms with Crippen molar-refractivity contribution in [1.29, 1.82) is 0 Å². The number of aliphatic hydroxyl groups is 1. The van der Waals surface area contributed by atoms with Crippen molar-refractivity contribution in [2.24, 2.45) is 0 Å². The minimum atomic E-state index is -0.528. The van der Waals surface area contributed by atoms with E-state index in [-0.39, 0.29) is 12.1 Å². The SMILES string of the molecule is CNC(=O)NC1c2ccccc2CC1O. The molecule has 0 bridgehead atoms. The van der Waals surface area contributed by atoms with Crippen LogP contribution in [0.5, 0.6) is 0 Å². The van der Waals surface area contributed by atoms with Crippen molar-refractivity contribution in [3.05, 3.63) is 35.4 Å². The minimum absolute atomic E-state index is 0.268. The average Bonchev–Trinajstić information content (AvgIpc) is 2.55. The van der Waals surface area contributed by atoms with Crippen LogP contribution < -0.4 is 10.6 Å². The van der Waals surface area contributed by atoms with Gasteiger partial charge in [0.05, 0.1) is 12.1 Å². The number of carbonyl (C=O) groups is 1. The smallest absolute Gasteiger partial charge is 0.315 e. The van der Waals surface area contributed by atoms with Crippen LogP contribution in [0.2, 0.25) is 0 Å². The Hall–Kier alpha value is -1.55. The summed E-state index contributed by atoms with van der Waals surface area (Å²) in [5, 5.41) is 15.0. The zero-order chi connectivity index (χ0) is 10.8. The number of carbonyl (C=O) groups excluding carboxylic acids is 1. The number of aliphatic hydroxyl groups excluding tert-OH is 1. The molecule has 4 nitrogen and oxygen atoms in total. The number of benzene rings is 1. The maximum Gasteiger partial charge on any atom is 0.315 e. The predicted molar refractivity (Wildman–Crippen MR) is 56.5 cm³/mol. The molecular weight excluding hydrogens is 192 g/mol. The molecular formula is C11H14N2O2. The molecule has 0 spiro atoms. The Bertz CT molecular complexity index is 379. The highest BCUT2D eigenvalue weighted by atomic mass is 16.3. The van der Waals surface area contributed by atoms with E-state index in [0.717, 1.165) is 11.1 Å². The number of hydrogen-bond donors (Lipinski definition) is 3. The van der Waals surface area contributed by atoms with Crippen LogP contribution >= 0.6 is 0 Å². The molecule has 0 radical (unpaired) electrons. The largest absolute Gasteiger partial charge is 0.390 e. The third-order valence-electron chi connectivity index (χ3n) is 2.72. The topological polar surface area (TPSA) is 61.4 Å².